The summed E-state index contributed by atoms with van der Waals surface area (Å²) < 4.78 is 1.83. The molecule has 1 aliphatic rings. The highest BCUT2D eigenvalue weighted by atomic mass is 16.4. The van der Waals surface area contributed by atoms with Crippen LogP contribution in [0.1, 0.15) is 40.0 Å². The minimum Gasteiger partial charge on any atom is -0.477 e. The van der Waals surface area contributed by atoms with Gasteiger partial charge in [0.2, 0.25) is 0 Å². The van der Waals surface area contributed by atoms with E-state index in [4.69, 9.17) is 0 Å². The fraction of sp³-hybridized carbons (Fsp3) is 0.200. The predicted molar refractivity (Wildman–Crippen MR) is 95.8 cm³/mol. The zero-order valence-corrected chi connectivity index (χ0v) is 13.7. The van der Waals surface area contributed by atoms with Gasteiger partial charge in [0.1, 0.15) is 11.4 Å². The highest BCUT2D eigenvalue weighted by Crippen LogP contribution is 2.38. The molecule has 0 radical (unpaired) electrons. The normalized spacial score (nSPS) is 19.0. The van der Waals surface area contributed by atoms with Crippen LogP contribution in [0.5, 0.6) is 0 Å². The Labute approximate surface area is 145 Å². The van der Waals surface area contributed by atoms with Crippen molar-refractivity contribution in [1.82, 2.24) is 9.78 Å². The molecular weight excluding hydrogens is 314 g/mol. The van der Waals surface area contributed by atoms with E-state index in [0.717, 1.165) is 18.4 Å². The van der Waals surface area contributed by atoms with Crippen molar-refractivity contribution in [2.24, 2.45) is 0 Å². The Balaban J connectivity index is 1.72. The number of nitrogens with one attached hydrogen (secondary N) is 1. The predicted octanol–water partition coefficient (Wildman–Crippen LogP) is 3.92. The molecular formula is C20H19N3O2. The van der Waals surface area contributed by atoms with E-state index in [0.29, 0.717) is 5.82 Å². The molecule has 2 N–H and O–H groups in total. The molecule has 0 saturated heterocycles. The lowest BCUT2D eigenvalue weighted by Crippen LogP contribution is -2.29. The molecule has 0 aliphatic carbocycles. The van der Waals surface area contributed by atoms with Gasteiger partial charge in [-0.05, 0) is 24.0 Å². The third-order valence-electron chi connectivity index (χ3n) is 4.71. The number of rotatable bonds is 4. The molecule has 2 aromatic carbocycles. The van der Waals surface area contributed by atoms with Crippen LogP contribution in [-0.4, -0.2) is 20.9 Å². The molecule has 1 aromatic heterocycles. The van der Waals surface area contributed by atoms with Crippen LogP contribution in [0.4, 0.5) is 5.82 Å². The van der Waals surface area contributed by atoms with E-state index in [1.165, 1.54) is 11.8 Å². The van der Waals surface area contributed by atoms with Gasteiger partial charge >= 0.3 is 5.97 Å². The van der Waals surface area contributed by atoms with Gasteiger partial charge in [-0.1, -0.05) is 60.7 Å². The van der Waals surface area contributed by atoms with Crippen molar-refractivity contribution in [1.29, 1.82) is 0 Å². The molecule has 3 aromatic rings. The van der Waals surface area contributed by atoms with Gasteiger partial charge in [0.05, 0.1) is 18.3 Å². The SMILES string of the molecule is O=C(O)c1cnn2c1NC(c1ccccc1)C[C@H]2Cc1ccccc1. The Morgan fingerprint density at radius 3 is 2.48 bits per heavy atom. The smallest absolute Gasteiger partial charge is 0.341 e. The van der Waals surface area contributed by atoms with E-state index in [1.807, 2.05) is 41.1 Å². The number of carboxylic acids is 1. The lowest BCUT2D eigenvalue weighted by molar-refractivity contribution is 0.0697. The molecule has 0 amide bonds. The largest absolute Gasteiger partial charge is 0.477 e. The first-order valence-electron chi connectivity index (χ1n) is 8.38. The molecule has 0 spiro atoms. The Kier molecular flexibility index (Phi) is 3.98. The van der Waals surface area contributed by atoms with E-state index >= 15 is 0 Å². The third kappa shape index (κ3) is 3.01. The Morgan fingerprint density at radius 2 is 1.80 bits per heavy atom. The Hall–Kier alpha value is -3.08. The second-order valence-electron chi connectivity index (χ2n) is 6.34. The van der Waals surface area contributed by atoms with Crippen LogP contribution in [0.2, 0.25) is 0 Å². The first-order chi connectivity index (χ1) is 12.2. The van der Waals surface area contributed by atoms with Crippen LogP contribution < -0.4 is 5.32 Å². The van der Waals surface area contributed by atoms with Crippen molar-refractivity contribution in [3.8, 4) is 0 Å². The highest BCUT2D eigenvalue weighted by Gasteiger charge is 2.31. The van der Waals surface area contributed by atoms with Crippen LogP contribution in [0.25, 0.3) is 0 Å². The maximum atomic E-state index is 11.5. The van der Waals surface area contributed by atoms with Crippen molar-refractivity contribution in [3.05, 3.63) is 83.6 Å². The maximum absolute atomic E-state index is 11.5. The van der Waals surface area contributed by atoms with Crippen molar-refractivity contribution in [2.75, 3.05) is 5.32 Å². The van der Waals surface area contributed by atoms with Crippen LogP contribution in [0, 0.1) is 0 Å². The fourth-order valence-corrected chi connectivity index (χ4v) is 3.50. The topological polar surface area (TPSA) is 67.1 Å². The van der Waals surface area contributed by atoms with Crippen molar-refractivity contribution in [2.45, 2.75) is 24.9 Å². The van der Waals surface area contributed by atoms with Crippen molar-refractivity contribution < 1.29 is 9.90 Å². The molecule has 126 valence electrons. The van der Waals surface area contributed by atoms with Crippen LogP contribution in [0.3, 0.4) is 0 Å². The molecule has 25 heavy (non-hydrogen) atoms. The second-order valence-corrected chi connectivity index (χ2v) is 6.34. The number of carboxylic acid groups (broad SMARTS) is 1. The zero-order valence-electron chi connectivity index (χ0n) is 13.7. The lowest BCUT2D eigenvalue weighted by Gasteiger charge is -2.33. The van der Waals surface area contributed by atoms with E-state index < -0.39 is 5.97 Å². The summed E-state index contributed by atoms with van der Waals surface area (Å²) in [7, 11) is 0. The lowest BCUT2D eigenvalue weighted by atomic mass is 9.93. The van der Waals surface area contributed by atoms with Gasteiger partial charge in [-0.25, -0.2) is 9.48 Å². The number of carbonyl (C=O) groups is 1. The minimum atomic E-state index is -0.957. The van der Waals surface area contributed by atoms with Gasteiger partial charge < -0.3 is 10.4 Å². The summed E-state index contributed by atoms with van der Waals surface area (Å²) in [5, 5.41) is 17.2. The average molecular weight is 333 g/mol. The van der Waals surface area contributed by atoms with Gasteiger partial charge in [0.15, 0.2) is 0 Å². The van der Waals surface area contributed by atoms with E-state index in [2.05, 4.69) is 34.7 Å². The Morgan fingerprint density at radius 1 is 1.12 bits per heavy atom. The number of hydrogen-bond acceptors (Lipinski definition) is 3. The monoisotopic (exact) mass is 333 g/mol. The summed E-state index contributed by atoms with van der Waals surface area (Å²) in [6, 6.07) is 20.6. The van der Waals surface area contributed by atoms with E-state index in [-0.39, 0.29) is 17.6 Å². The number of nitrogens with zero attached hydrogens (tertiary/aromatic N) is 2. The second kappa shape index (κ2) is 6.43. The molecule has 4 rings (SSSR count). The quantitative estimate of drug-likeness (QED) is 0.759. The molecule has 5 heteroatoms. The standard InChI is InChI=1S/C20H19N3O2/c24-20(25)17-13-21-23-16(11-14-7-3-1-4-8-14)12-18(22-19(17)23)15-9-5-2-6-10-15/h1-10,13,16,18,22H,11-12H2,(H,24,25)/t16-,18?/m1/s1. The number of fused-ring (bicyclic) bond motifs is 1. The molecule has 1 aliphatic heterocycles. The summed E-state index contributed by atoms with van der Waals surface area (Å²) in [6.45, 7) is 0. The average Bonchev–Trinajstić information content (AvgIpc) is 3.08. The highest BCUT2D eigenvalue weighted by molar-refractivity contribution is 5.93. The first kappa shape index (κ1) is 15.4. The van der Waals surface area contributed by atoms with Gasteiger partial charge in [-0.3, -0.25) is 0 Å². The Bertz CT molecular complexity index is 874. The number of aromatic carboxylic acids is 1. The minimum absolute atomic E-state index is 0.0669. The van der Waals surface area contributed by atoms with Crippen LogP contribution >= 0.6 is 0 Å². The van der Waals surface area contributed by atoms with Gasteiger partial charge in [-0.2, -0.15) is 5.10 Å². The number of hydrogen-bond donors (Lipinski definition) is 2. The number of benzene rings is 2. The summed E-state index contributed by atoms with van der Waals surface area (Å²) in [5.41, 5.74) is 2.60. The van der Waals surface area contributed by atoms with E-state index in [9.17, 15) is 9.90 Å². The van der Waals surface area contributed by atoms with Crippen molar-refractivity contribution >= 4 is 11.8 Å². The number of anilines is 1. The van der Waals surface area contributed by atoms with Gasteiger partial charge in [0, 0.05) is 0 Å². The molecule has 5 nitrogen and oxygen atoms in total. The van der Waals surface area contributed by atoms with Crippen LogP contribution in [-0.2, 0) is 6.42 Å². The number of aromatic nitrogens is 2. The summed E-state index contributed by atoms with van der Waals surface area (Å²) in [5.74, 6) is -0.366. The first-order valence-corrected chi connectivity index (χ1v) is 8.38. The van der Waals surface area contributed by atoms with Gasteiger partial charge in [-0.15, -0.1) is 0 Å². The molecule has 0 fully saturated rings. The third-order valence-corrected chi connectivity index (χ3v) is 4.71. The van der Waals surface area contributed by atoms with Crippen LogP contribution in [0.15, 0.2) is 66.9 Å². The van der Waals surface area contributed by atoms with E-state index in [1.54, 1.807) is 0 Å². The molecule has 1 unspecified atom stereocenters. The summed E-state index contributed by atoms with van der Waals surface area (Å²) in [6.07, 6.45) is 3.11. The van der Waals surface area contributed by atoms with Crippen molar-refractivity contribution in [3.63, 3.8) is 0 Å². The molecule has 0 bridgehead atoms. The van der Waals surface area contributed by atoms with Gasteiger partial charge in [0.25, 0.3) is 0 Å². The summed E-state index contributed by atoms with van der Waals surface area (Å²) >= 11 is 0. The maximum Gasteiger partial charge on any atom is 0.341 e. The molecule has 2 heterocycles. The molecule has 2 atom stereocenters. The fourth-order valence-electron chi connectivity index (χ4n) is 3.50. The molecule has 0 saturated carbocycles. The zero-order chi connectivity index (χ0) is 17.2. The summed E-state index contributed by atoms with van der Waals surface area (Å²) in [4.78, 5) is 11.5.